The maximum Gasteiger partial charge on any atom is 0.141 e. The van der Waals surface area contributed by atoms with Crippen molar-refractivity contribution in [3.05, 3.63) is 0 Å². The molecule has 174 valence electrons. The predicted octanol–water partition coefficient (Wildman–Crippen LogP) is 3.31. The van der Waals surface area contributed by atoms with Gasteiger partial charge in [-0.05, 0) is 62.8 Å². The second-order valence-electron chi connectivity index (χ2n) is 10.9. The molecule has 0 aromatic rings. The van der Waals surface area contributed by atoms with Gasteiger partial charge < -0.3 is 20.5 Å². The minimum atomic E-state index is -1.20. The first kappa shape index (κ1) is 23.0. The highest BCUT2D eigenvalue weighted by molar-refractivity contribution is 6.00. The number of aliphatic hydroxyl groups is 1. The largest absolute Gasteiger partial charge is 0.411 e. The van der Waals surface area contributed by atoms with Crippen molar-refractivity contribution in [2.75, 3.05) is 13.1 Å². The summed E-state index contributed by atoms with van der Waals surface area (Å²) in [7, 11) is 0. The van der Waals surface area contributed by atoms with Crippen LogP contribution in [-0.2, 0) is 9.63 Å². The van der Waals surface area contributed by atoms with Gasteiger partial charge in [0.05, 0.1) is 11.4 Å². The molecule has 1 aliphatic heterocycles. The Morgan fingerprint density at radius 3 is 2.65 bits per heavy atom. The Balaban J connectivity index is 0.00000231. The minimum absolute atomic E-state index is 0. The van der Waals surface area contributed by atoms with Crippen LogP contribution in [0, 0.1) is 28.6 Å². The molecule has 0 aromatic carbocycles. The van der Waals surface area contributed by atoms with E-state index in [-0.39, 0.29) is 29.3 Å². The van der Waals surface area contributed by atoms with Crippen molar-refractivity contribution >= 4 is 29.6 Å². The zero-order valence-electron chi connectivity index (χ0n) is 18.6. The number of fused-ring (bicyclic) bond motifs is 5. The smallest absolute Gasteiger partial charge is 0.141 e. The minimum Gasteiger partial charge on any atom is -0.411 e. The summed E-state index contributed by atoms with van der Waals surface area (Å²) in [5.74, 6) is 1.36. The topological polar surface area (TPSA) is 104 Å². The van der Waals surface area contributed by atoms with E-state index in [4.69, 9.17) is 4.84 Å². The molecule has 8 heteroatoms. The third-order valence-electron chi connectivity index (χ3n) is 9.68. The van der Waals surface area contributed by atoms with Crippen LogP contribution in [-0.4, -0.2) is 52.3 Å². The Bertz CT molecular complexity index is 798. The number of oxime groups is 2. The fourth-order valence-electron chi connectivity index (χ4n) is 7.72. The number of hydrogen-bond acceptors (Lipinski definition) is 7. The molecule has 1 saturated heterocycles. The number of hydrogen-bond donors (Lipinski definition) is 3. The zero-order chi connectivity index (χ0) is 21.1. The van der Waals surface area contributed by atoms with Crippen LogP contribution in [0.5, 0.6) is 0 Å². The number of rotatable bonds is 2. The van der Waals surface area contributed by atoms with Crippen LogP contribution in [0.25, 0.3) is 0 Å². The summed E-state index contributed by atoms with van der Waals surface area (Å²) >= 11 is 0. The van der Waals surface area contributed by atoms with Gasteiger partial charge in [0, 0.05) is 36.6 Å². The highest BCUT2D eigenvalue weighted by Crippen LogP contribution is 2.65. The number of carbonyl (C=O) groups excluding carboxylic acids is 1. The van der Waals surface area contributed by atoms with Gasteiger partial charge in [-0.3, -0.25) is 4.79 Å². The van der Waals surface area contributed by atoms with E-state index in [2.05, 4.69) is 29.5 Å². The zero-order valence-corrected chi connectivity index (χ0v) is 19.4. The lowest BCUT2D eigenvalue weighted by atomic mass is 9.43. The molecule has 5 fully saturated rings. The number of nitrogens with zero attached hydrogens (tertiary/aromatic N) is 2. The molecule has 7 nitrogen and oxygen atoms in total. The molecule has 0 aromatic heterocycles. The molecule has 0 spiro atoms. The molecule has 0 unspecified atom stereocenters. The first-order chi connectivity index (χ1) is 14.3. The molecule has 1 heterocycles. The fraction of sp³-hybridized carbons (Fsp3) is 0.870. The van der Waals surface area contributed by atoms with Crippen molar-refractivity contribution in [1.29, 1.82) is 0 Å². The van der Waals surface area contributed by atoms with E-state index >= 15 is 0 Å². The molecule has 5 aliphatic rings. The average molecular weight is 454 g/mol. The van der Waals surface area contributed by atoms with Crippen LogP contribution in [0.15, 0.2) is 10.3 Å². The van der Waals surface area contributed by atoms with Gasteiger partial charge in [-0.1, -0.05) is 24.2 Å². The lowest BCUT2D eigenvalue weighted by Gasteiger charge is -2.62. The second kappa shape index (κ2) is 7.99. The quantitative estimate of drug-likeness (QED) is 0.439. The Labute approximate surface area is 190 Å². The molecule has 7 atom stereocenters. The molecule has 0 radical (unpaired) electrons. The van der Waals surface area contributed by atoms with Gasteiger partial charge in [0.25, 0.3) is 0 Å². The standard InChI is InChI=1S/C23H35N3O4.ClH/c1-21-8-6-18-16(17(21)3-4-20(21)27)11-19(25-29)23(28)12-14(5-9-22(18,23)2)26-30-15-7-10-24-13-15;/h15-18,24,28-29H,3-13H2,1-2H3;1H/b25-19+,26-14?;/t15-,16-,17-,18-,21-,22+,23-;/m0./s1. The number of Topliss-reactive ketones (excluding diaryl/α,β-unsaturated/α-hetero) is 1. The summed E-state index contributed by atoms with van der Waals surface area (Å²) in [5, 5.41) is 33.2. The number of halogens is 1. The summed E-state index contributed by atoms with van der Waals surface area (Å²) in [5.41, 5.74) is -0.479. The predicted molar refractivity (Wildman–Crippen MR) is 120 cm³/mol. The molecular weight excluding hydrogens is 418 g/mol. The van der Waals surface area contributed by atoms with Gasteiger partial charge in [-0.2, -0.15) is 0 Å². The molecule has 4 saturated carbocycles. The monoisotopic (exact) mass is 453 g/mol. The van der Waals surface area contributed by atoms with E-state index in [1.165, 1.54) is 0 Å². The van der Waals surface area contributed by atoms with Crippen LogP contribution in [0.2, 0.25) is 0 Å². The fourth-order valence-corrected chi connectivity index (χ4v) is 7.72. The van der Waals surface area contributed by atoms with Gasteiger partial charge in [-0.15, -0.1) is 12.4 Å². The maximum atomic E-state index is 12.6. The Morgan fingerprint density at radius 1 is 1.13 bits per heavy atom. The average Bonchev–Trinajstić information content (AvgIpc) is 3.35. The first-order valence-electron chi connectivity index (χ1n) is 11.7. The van der Waals surface area contributed by atoms with E-state index in [0.717, 1.165) is 57.3 Å². The number of nitrogens with one attached hydrogen (secondary N) is 1. The summed E-state index contributed by atoms with van der Waals surface area (Å²) in [4.78, 5) is 18.4. The summed E-state index contributed by atoms with van der Waals surface area (Å²) in [6.45, 7) is 6.07. The van der Waals surface area contributed by atoms with Gasteiger partial charge in [0.2, 0.25) is 0 Å². The Morgan fingerprint density at radius 2 is 1.94 bits per heavy atom. The molecule has 4 aliphatic carbocycles. The van der Waals surface area contributed by atoms with Gasteiger partial charge in [0.1, 0.15) is 17.5 Å². The Hall–Kier alpha value is -1.18. The Kier molecular flexibility index (Phi) is 5.93. The van der Waals surface area contributed by atoms with Crippen LogP contribution in [0.4, 0.5) is 0 Å². The normalized spacial score (nSPS) is 49.3. The molecule has 5 rings (SSSR count). The van der Waals surface area contributed by atoms with E-state index in [9.17, 15) is 15.1 Å². The van der Waals surface area contributed by atoms with Crippen molar-refractivity contribution in [3.63, 3.8) is 0 Å². The summed E-state index contributed by atoms with van der Waals surface area (Å²) in [6.07, 6.45) is 7.04. The molecular formula is C23H36ClN3O4. The summed E-state index contributed by atoms with van der Waals surface area (Å²) < 4.78 is 0. The van der Waals surface area contributed by atoms with Gasteiger partial charge in [-0.25, -0.2) is 0 Å². The van der Waals surface area contributed by atoms with Crippen molar-refractivity contribution in [1.82, 2.24) is 5.32 Å². The van der Waals surface area contributed by atoms with Crippen molar-refractivity contribution in [2.24, 2.45) is 38.9 Å². The SMILES string of the molecule is C[C@]12CC[C@H]3[C@@H](C/C(=N\O)[C@@]4(O)CC(=NO[C@H]5CCNC5)CC[C@]34C)[C@@H]1CCC2=O.Cl. The highest BCUT2D eigenvalue weighted by Gasteiger charge is 2.66. The van der Waals surface area contributed by atoms with Crippen LogP contribution >= 0.6 is 12.4 Å². The van der Waals surface area contributed by atoms with E-state index in [0.29, 0.717) is 48.5 Å². The third-order valence-corrected chi connectivity index (χ3v) is 9.68. The molecule has 3 N–H and O–H groups in total. The lowest BCUT2D eigenvalue weighted by molar-refractivity contribution is -0.146. The highest BCUT2D eigenvalue weighted by atomic mass is 35.5. The van der Waals surface area contributed by atoms with E-state index < -0.39 is 5.60 Å². The third kappa shape index (κ3) is 3.25. The van der Waals surface area contributed by atoms with Crippen LogP contribution in [0.1, 0.15) is 71.6 Å². The van der Waals surface area contributed by atoms with Crippen LogP contribution < -0.4 is 5.32 Å². The van der Waals surface area contributed by atoms with E-state index in [1.807, 2.05) is 0 Å². The number of carbonyl (C=O) groups is 1. The summed E-state index contributed by atoms with van der Waals surface area (Å²) in [6, 6.07) is 0. The first-order valence-corrected chi connectivity index (χ1v) is 11.7. The van der Waals surface area contributed by atoms with Gasteiger partial charge >= 0.3 is 0 Å². The molecule has 31 heavy (non-hydrogen) atoms. The maximum absolute atomic E-state index is 12.6. The number of ketones is 1. The van der Waals surface area contributed by atoms with E-state index in [1.54, 1.807) is 0 Å². The van der Waals surface area contributed by atoms with Crippen molar-refractivity contribution < 1.29 is 19.9 Å². The van der Waals surface area contributed by atoms with Gasteiger partial charge in [0.15, 0.2) is 0 Å². The molecule has 0 amide bonds. The molecule has 0 bridgehead atoms. The van der Waals surface area contributed by atoms with Crippen LogP contribution in [0.3, 0.4) is 0 Å². The second-order valence-corrected chi connectivity index (χ2v) is 10.9. The van der Waals surface area contributed by atoms with Crippen molar-refractivity contribution in [3.8, 4) is 0 Å². The lowest BCUT2D eigenvalue weighted by Crippen LogP contribution is -2.66. The van der Waals surface area contributed by atoms with Crippen molar-refractivity contribution in [2.45, 2.75) is 83.3 Å².